The normalized spacial score (nSPS) is 15.0. The van der Waals surface area contributed by atoms with Gasteiger partial charge in [0, 0.05) is 37.2 Å². The van der Waals surface area contributed by atoms with Gasteiger partial charge < -0.3 is 14.7 Å². The summed E-state index contributed by atoms with van der Waals surface area (Å²) in [6.07, 6.45) is 4.57. The molecule has 108 valence electrons. The number of rotatable bonds is 3. The predicted octanol–water partition coefficient (Wildman–Crippen LogP) is 1.07. The summed E-state index contributed by atoms with van der Waals surface area (Å²) in [5.41, 5.74) is 1.19. The average Bonchev–Trinajstić information content (AvgIpc) is 2.56. The quantitative estimate of drug-likeness (QED) is 0.902. The number of anilines is 1. The van der Waals surface area contributed by atoms with Gasteiger partial charge >= 0.3 is 5.97 Å². The second-order valence-corrected chi connectivity index (χ2v) is 4.57. The van der Waals surface area contributed by atoms with Crippen molar-refractivity contribution >= 4 is 11.9 Å². The molecule has 3 heterocycles. The second kappa shape index (κ2) is 5.84. The molecular weight excluding hydrogens is 272 g/mol. The van der Waals surface area contributed by atoms with Gasteiger partial charge in [0.25, 0.3) is 0 Å². The van der Waals surface area contributed by atoms with Crippen LogP contribution in [0.5, 0.6) is 0 Å². The topological polar surface area (TPSA) is 88.4 Å². The lowest BCUT2D eigenvalue weighted by Crippen LogP contribution is -2.37. The zero-order chi connectivity index (χ0) is 14.7. The van der Waals surface area contributed by atoms with Crippen LogP contribution in [0.2, 0.25) is 0 Å². The zero-order valence-corrected chi connectivity index (χ0v) is 11.3. The van der Waals surface area contributed by atoms with Crippen molar-refractivity contribution in [3.63, 3.8) is 0 Å². The highest BCUT2D eigenvalue weighted by atomic mass is 16.5. The van der Waals surface area contributed by atoms with Gasteiger partial charge in [0.1, 0.15) is 5.56 Å². The first-order valence-electron chi connectivity index (χ1n) is 6.59. The van der Waals surface area contributed by atoms with Gasteiger partial charge in [-0.05, 0) is 12.1 Å². The van der Waals surface area contributed by atoms with E-state index < -0.39 is 5.97 Å². The van der Waals surface area contributed by atoms with E-state index in [0.29, 0.717) is 43.5 Å². The zero-order valence-electron chi connectivity index (χ0n) is 11.3. The molecule has 0 aliphatic carbocycles. The second-order valence-electron chi connectivity index (χ2n) is 4.57. The van der Waals surface area contributed by atoms with Crippen molar-refractivity contribution in [2.24, 2.45) is 0 Å². The first kappa shape index (κ1) is 13.4. The van der Waals surface area contributed by atoms with Crippen LogP contribution in [0.3, 0.4) is 0 Å². The molecule has 0 atom stereocenters. The number of hydrogen-bond acceptors (Lipinski definition) is 6. The highest BCUT2D eigenvalue weighted by Gasteiger charge is 2.19. The first-order valence-corrected chi connectivity index (χ1v) is 6.59. The number of aromatic carboxylic acids is 1. The van der Waals surface area contributed by atoms with Crippen LogP contribution in [-0.4, -0.2) is 52.3 Å². The standard InChI is InChI=1S/C14H14N4O3/c19-13(20)11-9-16-14(18-5-7-21-8-6-18)17-12(11)10-1-3-15-4-2-10/h1-4,9H,5-8H2,(H,19,20). The van der Waals surface area contributed by atoms with Crippen molar-refractivity contribution in [3.8, 4) is 11.3 Å². The van der Waals surface area contributed by atoms with Crippen molar-refractivity contribution in [2.75, 3.05) is 31.2 Å². The number of carboxylic acid groups (broad SMARTS) is 1. The van der Waals surface area contributed by atoms with Crippen molar-refractivity contribution in [2.45, 2.75) is 0 Å². The van der Waals surface area contributed by atoms with E-state index in [2.05, 4.69) is 15.0 Å². The molecule has 7 heteroatoms. The Morgan fingerprint density at radius 1 is 1.24 bits per heavy atom. The third kappa shape index (κ3) is 2.82. The molecule has 21 heavy (non-hydrogen) atoms. The van der Waals surface area contributed by atoms with Gasteiger partial charge in [-0.2, -0.15) is 0 Å². The van der Waals surface area contributed by atoms with Crippen LogP contribution in [0, 0.1) is 0 Å². The minimum atomic E-state index is -1.05. The fourth-order valence-corrected chi connectivity index (χ4v) is 2.17. The van der Waals surface area contributed by atoms with Gasteiger partial charge in [0.15, 0.2) is 0 Å². The number of carboxylic acids is 1. The summed E-state index contributed by atoms with van der Waals surface area (Å²) in [5, 5.41) is 9.30. The molecule has 2 aromatic heterocycles. The highest BCUT2D eigenvalue weighted by Crippen LogP contribution is 2.23. The maximum Gasteiger partial charge on any atom is 0.339 e. The molecule has 0 amide bonds. The maximum atomic E-state index is 11.4. The Bertz CT molecular complexity index is 642. The lowest BCUT2D eigenvalue weighted by molar-refractivity contribution is 0.0697. The maximum absolute atomic E-state index is 11.4. The molecule has 0 aromatic carbocycles. The SMILES string of the molecule is O=C(O)c1cnc(N2CCOCC2)nc1-c1ccncc1. The van der Waals surface area contributed by atoms with E-state index in [1.54, 1.807) is 24.5 Å². The molecule has 0 radical (unpaired) electrons. The van der Waals surface area contributed by atoms with E-state index in [-0.39, 0.29) is 5.56 Å². The fraction of sp³-hybridized carbons (Fsp3) is 0.286. The van der Waals surface area contributed by atoms with Crippen LogP contribution >= 0.6 is 0 Å². The Balaban J connectivity index is 2.04. The number of pyridine rings is 1. The Morgan fingerprint density at radius 2 is 1.95 bits per heavy atom. The monoisotopic (exact) mass is 286 g/mol. The molecule has 3 rings (SSSR count). The summed E-state index contributed by atoms with van der Waals surface area (Å²) in [7, 11) is 0. The predicted molar refractivity (Wildman–Crippen MR) is 75.3 cm³/mol. The van der Waals surface area contributed by atoms with E-state index in [1.165, 1.54) is 6.20 Å². The van der Waals surface area contributed by atoms with Gasteiger partial charge in [0.05, 0.1) is 18.9 Å². The van der Waals surface area contributed by atoms with Crippen molar-refractivity contribution in [1.82, 2.24) is 15.0 Å². The Morgan fingerprint density at radius 3 is 2.62 bits per heavy atom. The number of morpholine rings is 1. The fourth-order valence-electron chi connectivity index (χ4n) is 2.17. The van der Waals surface area contributed by atoms with Crippen LogP contribution < -0.4 is 4.90 Å². The highest BCUT2D eigenvalue weighted by molar-refractivity contribution is 5.94. The number of ether oxygens (including phenoxy) is 1. The number of nitrogens with zero attached hydrogens (tertiary/aromatic N) is 4. The van der Waals surface area contributed by atoms with E-state index in [9.17, 15) is 9.90 Å². The van der Waals surface area contributed by atoms with Gasteiger partial charge in [-0.15, -0.1) is 0 Å². The molecule has 7 nitrogen and oxygen atoms in total. The largest absolute Gasteiger partial charge is 0.478 e. The van der Waals surface area contributed by atoms with Crippen molar-refractivity contribution in [3.05, 3.63) is 36.3 Å². The molecule has 0 unspecified atom stereocenters. The van der Waals surface area contributed by atoms with E-state index in [4.69, 9.17) is 4.74 Å². The molecule has 0 saturated carbocycles. The summed E-state index contributed by atoms with van der Waals surface area (Å²) >= 11 is 0. The minimum Gasteiger partial charge on any atom is -0.478 e. The smallest absolute Gasteiger partial charge is 0.339 e. The summed E-state index contributed by atoms with van der Waals surface area (Å²) in [6.45, 7) is 2.63. The van der Waals surface area contributed by atoms with Gasteiger partial charge in [-0.3, -0.25) is 4.98 Å². The third-order valence-corrected chi connectivity index (χ3v) is 3.25. The average molecular weight is 286 g/mol. The molecule has 1 fully saturated rings. The van der Waals surface area contributed by atoms with Gasteiger partial charge in [-0.25, -0.2) is 14.8 Å². The van der Waals surface area contributed by atoms with Crippen LogP contribution in [0.15, 0.2) is 30.7 Å². The summed E-state index contributed by atoms with van der Waals surface area (Å²) in [6, 6.07) is 3.47. The molecule has 0 bridgehead atoms. The van der Waals surface area contributed by atoms with Crippen LogP contribution in [0.25, 0.3) is 11.3 Å². The van der Waals surface area contributed by atoms with Crippen molar-refractivity contribution in [1.29, 1.82) is 0 Å². The molecule has 1 saturated heterocycles. The molecule has 2 aromatic rings. The van der Waals surface area contributed by atoms with Gasteiger partial charge in [-0.1, -0.05) is 0 Å². The molecule has 1 N–H and O–H groups in total. The third-order valence-electron chi connectivity index (χ3n) is 3.25. The van der Waals surface area contributed by atoms with E-state index >= 15 is 0 Å². The first-order chi connectivity index (χ1) is 10.3. The van der Waals surface area contributed by atoms with Crippen LogP contribution in [0.4, 0.5) is 5.95 Å². The van der Waals surface area contributed by atoms with E-state index in [1.807, 2.05) is 4.90 Å². The molecule has 1 aliphatic heterocycles. The van der Waals surface area contributed by atoms with Gasteiger partial charge in [0.2, 0.25) is 5.95 Å². The molecular formula is C14H14N4O3. The number of hydrogen-bond donors (Lipinski definition) is 1. The Labute approximate surface area is 121 Å². The number of carbonyl (C=O) groups is 1. The summed E-state index contributed by atoms with van der Waals surface area (Å²) in [5.74, 6) is -0.523. The summed E-state index contributed by atoms with van der Waals surface area (Å²) < 4.78 is 5.30. The minimum absolute atomic E-state index is 0.0817. The molecule has 1 aliphatic rings. The van der Waals surface area contributed by atoms with Crippen LogP contribution in [-0.2, 0) is 4.74 Å². The molecule has 0 spiro atoms. The van der Waals surface area contributed by atoms with E-state index in [0.717, 1.165) is 0 Å². The summed E-state index contributed by atoms with van der Waals surface area (Å²) in [4.78, 5) is 25.9. The van der Waals surface area contributed by atoms with Crippen molar-refractivity contribution < 1.29 is 14.6 Å². The Kier molecular flexibility index (Phi) is 3.74. The lowest BCUT2D eigenvalue weighted by Gasteiger charge is -2.27. The number of aromatic nitrogens is 3. The Hall–Kier alpha value is -2.54. The van der Waals surface area contributed by atoms with Crippen LogP contribution in [0.1, 0.15) is 10.4 Å². The lowest BCUT2D eigenvalue weighted by atomic mass is 10.1.